The van der Waals surface area contributed by atoms with Crippen molar-refractivity contribution in [2.24, 2.45) is 0 Å². The summed E-state index contributed by atoms with van der Waals surface area (Å²) >= 11 is 0. The summed E-state index contributed by atoms with van der Waals surface area (Å²) in [5.74, 6) is 0.561. The van der Waals surface area contributed by atoms with Gasteiger partial charge in [0.2, 0.25) is 5.89 Å². The van der Waals surface area contributed by atoms with Crippen LogP contribution in [0, 0.1) is 13.8 Å². The number of hydrogen-bond donors (Lipinski definition) is 2. The summed E-state index contributed by atoms with van der Waals surface area (Å²) in [5.41, 5.74) is 4.55. The number of aryl methyl sites for hydroxylation is 2. The lowest BCUT2D eigenvalue weighted by Gasteiger charge is -2.26. The molecule has 0 bridgehead atoms. The molecule has 3 heterocycles. The highest BCUT2D eigenvalue weighted by Gasteiger charge is 2.12. The smallest absolute Gasteiger partial charge is 0.315 e. The Labute approximate surface area is 160 Å². The number of hydrogen-bond acceptors (Lipinski definition) is 5. The van der Waals surface area contributed by atoms with E-state index in [0.29, 0.717) is 11.9 Å². The zero-order chi connectivity index (χ0) is 18.6. The van der Waals surface area contributed by atoms with E-state index in [9.17, 15) is 0 Å². The van der Waals surface area contributed by atoms with Crippen molar-refractivity contribution in [3.8, 4) is 11.5 Å². The van der Waals surface area contributed by atoms with Crippen molar-refractivity contribution in [1.29, 1.82) is 0 Å². The molecule has 6 nitrogen and oxygen atoms in total. The minimum atomic E-state index is 0.505. The maximum absolute atomic E-state index is 5.81. The lowest BCUT2D eigenvalue weighted by Crippen LogP contribution is -2.30. The Balaban J connectivity index is 1.30. The molecule has 144 valence electrons. The third-order valence-corrected chi connectivity index (χ3v) is 5.61. The van der Waals surface area contributed by atoms with Crippen molar-refractivity contribution in [3.63, 3.8) is 0 Å². The molecule has 0 aliphatic carbocycles. The van der Waals surface area contributed by atoms with Crippen LogP contribution in [0.4, 0.5) is 6.01 Å². The summed E-state index contributed by atoms with van der Waals surface area (Å²) < 4.78 is 5.81. The highest BCUT2D eigenvalue weighted by atomic mass is 16.4. The van der Waals surface area contributed by atoms with Gasteiger partial charge in [-0.05, 0) is 82.9 Å². The van der Waals surface area contributed by atoms with Crippen molar-refractivity contribution in [3.05, 3.63) is 29.5 Å². The van der Waals surface area contributed by atoms with Crippen molar-refractivity contribution < 1.29 is 4.42 Å². The zero-order valence-corrected chi connectivity index (χ0v) is 16.3. The Morgan fingerprint density at radius 3 is 2.81 bits per heavy atom. The summed E-state index contributed by atoms with van der Waals surface area (Å²) in [6, 6.07) is 6.71. The fraction of sp³-hybridized carbons (Fsp3) is 0.524. The average molecular weight is 367 g/mol. The normalized spacial score (nSPS) is 15.5. The highest BCUT2D eigenvalue weighted by Crippen LogP contribution is 2.27. The van der Waals surface area contributed by atoms with E-state index < -0.39 is 0 Å². The second-order valence-electron chi connectivity index (χ2n) is 7.58. The largest absolute Gasteiger partial charge is 0.403 e. The van der Waals surface area contributed by atoms with Crippen LogP contribution in [-0.4, -0.2) is 46.3 Å². The van der Waals surface area contributed by atoms with E-state index in [4.69, 9.17) is 4.42 Å². The van der Waals surface area contributed by atoms with Crippen LogP contribution in [0.1, 0.15) is 43.4 Å². The molecule has 27 heavy (non-hydrogen) atoms. The van der Waals surface area contributed by atoms with E-state index in [1.807, 2.05) is 6.07 Å². The first-order valence-corrected chi connectivity index (χ1v) is 10.1. The van der Waals surface area contributed by atoms with Crippen molar-refractivity contribution in [1.82, 2.24) is 20.1 Å². The highest BCUT2D eigenvalue weighted by molar-refractivity contribution is 5.87. The lowest BCUT2D eigenvalue weighted by atomic mass is 10.1. The molecule has 1 aliphatic rings. The average Bonchev–Trinajstić information content (AvgIpc) is 3.27. The molecule has 0 spiro atoms. The number of nitrogens with zero attached hydrogens (tertiary/aromatic N) is 3. The Bertz CT molecular complexity index is 891. The second kappa shape index (κ2) is 8.13. The van der Waals surface area contributed by atoms with E-state index in [0.717, 1.165) is 24.0 Å². The second-order valence-corrected chi connectivity index (χ2v) is 7.58. The Hall–Kier alpha value is -2.34. The van der Waals surface area contributed by atoms with Gasteiger partial charge < -0.3 is 19.6 Å². The summed E-state index contributed by atoms with van der Waals surface area (Å²) in [6.45, 7) is 8.82. The fourth-order valence-corrected chi connectivity index (χ4v) is 3.84. The van der Waals surface area contributed by atoms with E-state index in [1.165, 1.54) is 62.0 Å². The van der Waals surface area contributed by atoms with Crippen molar-refractivity contribution in [2.45, 2.75) is 46.0 Å². The SMILES string of the molecule is Cc1[nH]c2ccc(-c3nnc(NCCCCN4CCCCC4)o3)cc2c1C. The van der Waals surface area contributed by atoms with Gasteiger partial charge in [-0.2, -0.15) is 0 Å². The monoisotopic (exact) mass is 367 g/mol. The van der Waals surface area contributed by atoms with Crippen LogP contribution in [0.25, 0.3) is 22.4 Å². The van der Waals surface area contributed by atoms with Gasteiger partial charge in [-0.25, -0.2) is 0 Å². The third kappa shape index (κ3) is 4.16. The van der Waals surface area contributed by atoms with Gasteiger partial charge in [0.05, 0.1) is 0 Å². The molecule has 4 rings (SSSR count). The molecule has 1 fully saturated rings. The molecule has 3 aromatic rings. The van der Waals surface area contributed by atoms with Gasteiger partial charge in [-0.15, -0.1) is 5.10 Å². The molecular weight excluding hydrogens is 338 g/mol. The number of benzene rings is 1. The molecule has 1 aliphatic heterocycles. The lowest BCUT2D eigenvalue weighted by molar-refractivity contribution is 0.225. The molecular formula is C21H29N5O. The topological polar surface area (TPSA) is 70.0 Å². The Morgan fingerprint density at radius 1 is 1.11 bits per heavy atom. The number of aromatic amines is 1. The van der Waals surface area contributed by atoms with Crippen LogP contribution in [0.15, 0.2) is 22.6 Å². The predicted octanol–water partition coefficient (Wildman–Crippen LogP) is 4.51. The third-order valence-electron chi connectivity index (χ3n) is 5.61. The van der Waals surface area contributed by atoms with Gasteiger partial charge in [-0.3, -0.25) is 0 Å². The predicted molar refractivity (Wildman–Crippen MR) is 109 cm³/mol. The number of fused-ring (bicyclic) bond motifs is 1. The van der Waals surface area contributed by atoms with Gasteiger partial charge in [0.25, 0.3) is 0 Å². The number of H-pyrrole nitrogens is 1. The standard InChI is InChI=1S/C21H29N5O/c1-15-16(2)23-19-9-8-17(14-18(15)19)20-24-25-21(27-20)22-10-4-7-13-26-11-5-3-6-12-26/h8-9,14,23H,3-7,10-13H2,1-2H3,(H,22,25). The molecule has 0 atom stereocenters. The van der Waals surface area contributed by atoms with Gasteiger partial charge in [0.15, 0.2) is 0 Å². The van der Waals surface area contributed by atoms with Crippen LogP contribution in [-0.2, 0) is 0 Å². The number of anilines is 1. The Kier molecular flexibility index (Phi) is 5.43. The van der Waals surface area contributed by atoms with E-state index >= 15 is 0 Å². The maximum atomic E-state index is 5.81. The molecule has 0 amide bonds. The maximum Gasteiger partial charge on any atom is 0.315 e. The van der Waals surface area contributed by atoms with E-state index in [2.05, 4.69) is 51.4 Å². The number of piperidine rings is 1. The molecule has 1 saturated heterocycles. The summed E-state index contributed by atoms with van der Waals surface area (Å²) in [4.78, 5) is 5.97. The molecule has 2 aromatic heterocycles. The van der Waals surface area contributed by atoms with Crippen molar-refractivity contribution >= 4 is 16.9 Å². The minimum Gasteiger partial charge on any atom is -0.403 e. The first-order chi connectivity index (χ1) is 13.2. The number of unbranched alkanes of at least 4 members (excludes halogenated alkanes) is 1. The minimum absolute atomic E-state index is 0.505. The van der Waals surface area contributed by atoms with E-state index in [1.54, 1.807) is 0 Å². The number of likely N-dealkylation sites (tertiary alicyclic amines) is 1. The van der Waals surface area contributed by atoms with Crippen LogP contribution in [0.5, 0.6) is 0 Å². The molecule has 0 unspecified atom stereocenters. The van der Waals surface area contributed by atoms with Crippen molar-refractivity contribution in [2.75, 3.05) is 31.5 Å². The number of rotatable bonds is 7. The summed E-state index contributed by atoms with van der Waals surface area (Å²) in [5, 5.41) is 12.8. The molecule has 2 N–H and O–H groups in total. The van der Waals surface area contributed by atoms with Crippen LogP contribution in [0.2, 0.25) is 0 Å². The van der Waals surface area contributed by atoms with Gasteiger partial charge in [0.1, 0.15) is 0 Å². The number of nitrogens with one attached hydrogen (secondary N) is 2. The van der Waals surface area contributed by atoms with Gasteiger partial charge in [-0.1, -0.05) is 11.5 Å². The first-order valence-electron chi connectivity index (χ1n) is 10.1. The molecule has 0 saturated carbocycles. The molecule has 6 heteroatoms. The zero-order valence-electron chi connectivity index (χ0n) is 16.3. The van der Waals surface area contributed by atoms with Crippen LogP contribution < -0.4 is 5.32 Å². The van der Waals surface area contributed by atoms with E-state index in [-0.39, 0.29) is 0 Å². The summed E-state index contributed by atoms with van der Waals surface area (Å²) in [7, 11) is 0. The molecule has 1 aromatic carbocycles. The molecule has 0 radical (unpaired) electrons. The number of aromatic nitrogens is 3. The quantitative estimate of drug-likeness (QED) is 0.601. The van der Waals surface area contributed by atoms with Crippen LogP contribution >= 0.6 is 0 Å². The van der Waals surface area contributed by atoms with Crippen LogP contribution in [0.3, 0.4) is 0 Å². The Morgan fingerprint density at radius 2 is 1.96 bits per heavy atom. The van der Waals surface area contributed by atoms with Gasteiger partial charge in [0, 0.05) is 28.7 Å². The summed E-state index contributed by atoms with van der Waals surface area (Å²) in [6.07, 6.45) is 6.43. The fourth-order valence-electron chi connectivity index (χ4n) is 3.84. The van der Waals surface area contributed by atoms with Gasteiger partial charge >= 0.3 is 6.01 Å². The first kappa shape index (κ1) is 18.0.